The second-order valence-corrected chi connectivity index (χ2v) is 6.84. The second kappa shape index (κ2) is 4.91. The molecule has 2 N–H and O–H groups in total. The van der Waals surface area contributed by atoms with Crippen LogP contribution in [0.25, 0.3) is 10.2 Å². The molecule has 2 aromatic rings. The van der Waals surface area contributed by atoms with E-state index in [0.29, 0.717) is 5.13 Å². The molecule has 2 aliphatic carbocycles. The highest BCUT2D eigenvalue weighted by molar-refractivity contribution is 7.22. The Hall–Kier alpha value is -2.21. The number of benzene rings is 1. The van der Waals surface area contributed by atoms with Crippen molar-refractivity contribution in [2.24, 2.45) is 23.7 Å². The molecule has 2 bridgehead atoms. The van der Waals surface area contributed by atoms with Crippen LogP contribution >= 0.6 is 11.3 Å². The molecule has 6 heteroatoms. The van der Waals surface area contributed by atoms with Gasteiger partial charge in [-0.05, 0) is 30.4 Å². The maximum atomic E-state index is 12.6. The predicted molar refractivity (Wildman–Crippen MR) is 83.6 cm³/mol. The van der Waals surface area contributed by atoms with E-state index >= 15 is 0 Å². The Kier molecular flexibility index (Phi) is 3.00. The van der Waals surface area contributed by atoms with Crippen molar-refractivity contribution < 1.29 is 14.7 Å². The molecule has 4 rings (SSSR count). The summed E-state index contributed by atoms with van der Waals surface area (Å²) in [6.07, 6.45) is 4.67. The van der Waals surface area contributed by atoms with Crippen LogP contribution in [-0.2, 0) is 9.59 Å². The zero-order valence-corrected chi connectivity index (χ0v) is 12.4. The number of rotatable bonds is 3. The molecule has 112 valence electrons. The summed E-state index contributed by atoms with van der Waals surface area (Å²) in [6.45, 7) is 0. The molecule has 1 fully saturated rings. The fourth-order valence-corrected chi connectivity index (χ4v) is 4.50. The van der Waals surface area contributed by atoms with E-state index in [9.17, 15) is 14.7 Å². The average Bonchev–Trinajstić information content (AvgIpc) is 3.19. The number of anilines is 1. The van der Waals surface area contributed by atoms with Gasteiger partial charge in [-0.1, -0.05) is 35.6 Å². The highest BCUT2D eigenvalue weighted by atomic mass is 32.1. The molecule has 22 heavy (non-hydrogen) atoms. The number of carbonyl (C=O) groups is 2. The topological polar surface area (TPSA) is 79.3 Å². The van der Waals surface area contributed by atoms with Crippen molar-refractivity contribution in [1.82, 2.24) is 4.98 Å². The number of nitrogens with one attached hydrogen (secondary N) is 1. The number of carbonyl (C=O) groups excluding carboxylic acids is 1. The van der Waals surface area contributed by atoms with Crippen LogP contribution in [0.1, 0.15) is 6.42 Å². The van der Waals surface area contributed by atoms with Crippen molar-refractivity contribution in [3.05, 3.63) is 36.4 Å². The SMILES string of the molecule is O=C(Nc1nc2ccccc2s1)[C@@H]1[C@H](C(=O)O)[C@H]2C=C[C@H]1C2. The molecule has 0 spiro atoms. The maximum absolute atomic E-state index is 12.6. The number of allylic oxidation sites excluding steroid dienone is 2. The van der Waals surface area contributed by atoms with E-state index < -0.39 is 17.8 Å². The van der Waals surface area contributed by atoms with Crippen molar-refractivity contribution in [2.45, 2.75) is 6.42 Å². The number of amides is 1. The molecule has 2 aliphatic rings. The number of aliphatic carboxylic acids is 1. The molecular formula is C16H14N2O3S. The van der Waals surface area contributed by atoms with Crippen molar-refractivity contribution >= 4 is 38.6 Å². The summed E-state index contributed by atoms with van der Waals surface area (Å²) in [5.41, 5.74) is 0.838. The summed E-state index contributed by atoms with van der Waals surface area (Å²) >= 11 is 1.41. The van der Waals surface area contributed by atoms with Gasteiger partial charge in [0.25, 0.3) is 0 Å². The number of hydrogen-bond acceptors (Lipinski definition) is 4. The third kappa shape index (κ3) is 2.02. The smallest absolute Gasteiger partial charge is 0.307 e. The van der Waals surface area contributed by atoms with E-state index in [4.69, 9.17) is 0 Å². The normalized spacial score (nSPS) is 29.1. The first kappa shape index (κ1) is 13.5. The molecular weight excluding hydrogens is 300 g/mol. The Morgan fingerprint density at radius 2 is 1.91 bits per heavy atom. The summed E-state index contributed by atoms with van der Waals surface area (Å²) in [5.74, 6) is -2.23. The Morgan fingerprint density at radius 1 is 1.18 bits per heavy atom. The number of para-hydroxylation sites is 1. The van der Waals surface area contributed by atoms with Crippen LogP contribution in [-0.4, -0.2) is 22.0 Å². The summed E-state index contributed by atoms with van der Waals surface area (Å²) in [5, 5.41) is 12.8. The number of nitrogens with zero attached hydrogens (tertiary/aromatic N) is 1. The number of aromatic nitrogens is 1. The molecule has 0 saturated heterocycles. The fraction of sp³-hybridized carbons (Fsp3) is 0.312. The number of carboxylic acid groups (broad SMARTS) is 1. The molecule has 1 heterocycles. The van der Waals surface area contributed by atoms with Crippen LogP contribution in [0.3, 0.4) is 0 Å². The zero-order valence-electron chi connectivity index (χ0n) is 11.6. The van der Waals surface area contributed by atoms with E-state index in [2.05, 4.69) is 10.3 Å². The maximum Gasteiger partial charge on any atom is 0.307 e. The summed E-state index contributed by atoms with van der Waals surface area (Å²) < 4.78 is 1.00. The summed E-state index contributed by atoms with van der Waals surface area (Å²) in [4.78, 5) is 28.4. The van der Waals surface area contributed by atoms with Crippen LogP contribution < -0.4 is 5.32 Å². The van der Waals surface area contributed by atoms with Crippen LogP contribution in [0.4, 0.5) is 5.13 Å². The minimum Gasteiger partial charge on any atom is -0.481 e. The lowest BCUT2D eigenvalue weighted by Gasteiger charge is -2.23. The quantitative estimate of drug-likeness (QED) is 0.854. The lowest BCUT2D eigenvalue weighted by atomic mass is 9.82. The number of carboxylic acids is 1. The minimum atomic E-state index is -0.888. The molecule has 1 aromatic carbocycles. The molecule has 1 saturated carbocycles. The largest absolute Gasteiger partial charge is 0.481 e. The third-order valence-corrected chi connectivity index (χ3v) is 5.52. The summed E-state index contributed by atoms with van der Waals surface area (Å²) in [6, 6.07) is 7.66. The van der Waals surface area contributed by atoms with Gasteiger partial charge in [0.05, 0.1) is 22.1 Å². The van der Waals surface area contributed by atoms with Crippen molar-refractivity contribution in [3.8, 4) is 0 Å². The van der Waals surface area contributed by atoms with Gasteiger partial charge in [-0.3, -0.25) is 9.59 Å². The van der Waals surface area contributed by atoms with E-state index in [-0.39, 0.29) is 17.7 Å². The second-order valence-electron chi connectivity index (χ2n) is 5.81. The van der Waals surface area contributed by atoms with Gasteiger partial charge < -0.3 is 10.4 Å². The number of hydrogen-bond donors (Lipinski definition) is 2. The van der Waals surface area contributed by atoms with E-state index in [1.54, 1.807) is 0 Å². The van der Waals surface area contributed by atoms with E-state index in [1.807, 2.05) is 36.4 Å². The molecule has 0 unspecified atom stereocenters. The van der Waals surface area contributed by atoms with Gasteiger partial charge in [0.1, 0.15) is 0 Å². The van der Waals surface area contributed by atoms with Gasteiger partial charge in [-0.25, -0.2) is 4.98 Å². The predicted octanol–water partition coefficient (Wildman–Crippen LogP) is 2.76. The lowest BCUT2D eigenvalue weighted by Crippen LogP contribution is -2.36. The first-order chi connectivity index (χ1) is 10.6. The summed E-state index contributed by atoms with van der Waals surface area (Å²) in [7, 11) is 0. The Labute approximate surface area is 130 Å². The highest BCUT2D eigenvalue weighted by Crippen LogP contribution is 2.48. The van der Waals surface area contributed by atoms with E-state index in [1.165, 1.54) is 11.3 Å². The van der Waals surface area contributed by atoms with Crippen molar-refractivity contribution in [2.75, 3.05) is 5.32 Å². The van der Waals surface area contributed by atoms with Crippen molar-refractivity contribution in [1.29, 1.82) is 0 Å². The van der Waals surface area contributed by atoms with Gasteiger partial charge in [0.15, 0.2) is 5.13 Å². The van der Waals surface area contributed by atoms with Gasteiger partial charge in [-0.15, -0.1) is 0 Å². The fourth-order valence-electron chi connectivity index (χ4n) is 3.63. The average molecular weight is 314 g/mol. The lowest BCUT2D eigenvalue weighted by molar-refractivity contribution is -0.146. The monoisotopic (exact) mass is 314 g/mol. The van der Waals surface area contributed by atoms with Crippen molar-refractivity contribution in [3.63, 3.8) is 0 Å². The van der Waals surface area contributed by atoms with Gasteiger partial charge in [-0.2, -0.15) is 0 Å². The van der Waals surface area contributed by atoms with Gasteiger partial charge in [0, 0.05) is 0 Å². The Balaban J connectivity index is 1.59. The Morgan fingerprint density at radius 3 is 2.64 bits per heavy atom. The van der Waals surface area contributed by atoms with E-state index in [0.717, 1.165) is 16.6 Å². The molecule has 1 aromatic heterocycles. The van der Waals surface area contributed by atoms with Crippen LogP contribution in [0.2, 0.25) is 0 Å². The number of fused-ring (bicyclic) bond motifs is 3. The van der Waals surface area contributed by atoms with Crippen LogP contribution in [0, 0.1) is 23.7 Å². The van der Waals surface area contributed by atoms with Gasteiger partial charge >= 0.3 is 5.97 Å². The molecule has 0 aliphatic heterocycles. The standard InChI is InChI=1S/C16H14N2O3S/c19-14(12-8-5-6-9(7-8)13(12)15(20)21)18-16-17-10-3-1-2-4-11(10)22-16/h1-6,8-9,12-13H,7H2,(H,20,21)(H,17,18,19)/t8-,9-,12-,13+/m0/s1. The molecule has 1 amide bonds. The minimum absolute atomic E-state index is 0.0198. The zero-order chi connectivity index (χ0) is 15.3. The van der Waals surface area contributed by atoms with Gasteiger partial charge in [0.2, 0.25) is 5.91 Å². The molecule has 5 nitrogen and oxygen atoms in total. The molecule has 0 radical (unpaired) electrons. The first-order valence-corrected chi connectivity index (χ1v) is 8.03. The highest BCUT2D eigenvalue weighted by Gasteiger charge is 2.51. The Bertz CT molecular complexity index is 765. The first-order valence-electron chi connectivity index (χ1n) is 7.21. The third-order valence-electron chi connectivity index (χ3n) is 4.57. The molecule has 4 atom stereocenters. The van der Waals surface area contributed by atoms with Crippen LogP contribution in [0.5, 0.6) is 0 Å². The van der Waals surface area contributed by atoms with Crippen LogP contribution in [0.15, 0.2) is 36.4 Å². The number of thiazole rings is 1.